The molecule has 0 saturated heterocycles. The number of phenols is 1. The summed E-state index contributed by atoms with van der Waals surface area (Å²) < 4.78 is 2.33. The number of benzene rings is 1. The first-order valence-corrected chi connectivity index (χ1v) is 6.92. The van der Waals surface area contributed by atoms with Crippen LogP contribution in [0.1, 0.15) is 0 Å². The molecule has 1 aromatic carbocycles. The Morgan fingerprint density at radius 2 is 1.90 bits per heavy atom. The predicted molar refractivity (Wildman–Crippen MR) is 78.8 cm³/mol. The van der Waals surface area contributed by atoms with Crippen LogP contribution in [0.3, 0.4) is 0 Å². The van der Waals surface area contributed by atoms with E-state index in [4.69, 9.17) is 0 Å². The number of aromatic nitrogens is 4. The van der Waals surface area contributed by atoms with Crippen molar-refractivity contribution in [1.82, 2.24) is 19.1 Å². The Morgan fingerprint density at radius 3 is 2.62 bits per heavy atom. The Hall–Kier alpha value is -2.48. The van der Waals surface area contributed by atoms with Crippen molar-refractivity contribution >= 4 is 22.9 Å². The number of nitrogens with one attached hydrogen (secondary N) is 1. The highest BCUT2D eigenvalue weighted by Gasteiger charge is 2.14. The standard InChI is InChI=1S/C13H12N4O3S/c1-16-10-9(11(19)17(2)13(16)20)14-12(15-10)21-8-6-4-3-5-7(8)18/h3-6,18H,1-2H3,(H,14,15). The maximum Gasteiger partial charge on any atom is 0.332 e. The van der Waals surface area contributed by atoms with Gasteiger partial charge in [0, 0.05) is 14.1 Å². The Balaban J connectivity index is 2.17. The molecule has 3 aromatic rings. The summed E-state index contributed by atoms with van der Waals surface area (Å²) in [5.41, 5.74) is -0.304. The summed E-state index contributed by atoms with van der Waals surface area (Å²) in [6, 6.07) is 6.82. The van der Waals surface area contributed by atoms with Gasteiger partial charge in [-0.3, -0.25) is 13.9 Å². The molecule has 2 aromatic heterocycles. The molecule has 0 spiro atoms. The number of phenolic OH excluding ortho intramolecular Hbond substituents is 1. The average Bonchev–Trinajstić information content (AvgIpc) is 2.89. The molecule has 0 unspecified atom stereocenters. The summed E-state index contributed by atoms with van der Waals surface area (Å²) in [5.74, 6) is 0.129. The number of aryl methyl sites for hydroxylation is 1. The molecule has 0 saturated carbocycles. The Kier molecular flexibility index (Phi) is 3.09. The largest absolute Gasteiger partial charge is 0.507 e. The first-order valence-electron chi connectivity index (χ1n) is 6.10. The van der Waals surface area contributed by atoms with Crippen molar-refractivity contribution in [3.63, 3.8) is 0 Å². The van der Waals surface area contributed by atoms with Crippen LogP contribution in [0.5, 0.6) is 5.75 Å². The lowest BCUT2D eigenvalue weighted by atomic mass is 10.3. The Labute approximate surface area is 122 Å². The van der Waals surface area contributed by atoms with E-state index in [0.717, 1.165) is 4.57 Å². The summed E-state index contributed by atoms with van der Waals surface area (Å²) in [5, 5.41) is 10.2. The topological polar surface area (TPSA) is 92.9 Å². The molecule has 0 aliphatic heterocycles. The van der Waals surface area contributed by atoms with Gasteiger partial charge < -0.3 is 10.1 Å². The fourth-order valence-electron chi connectivity index (χ4n) is 2.00. The Morgan fingerprint density at radius 1 is 1.19 bits per heavy atom. The third-order valence-electron chi connectivity index (χ3n) is 3.14. The molecule has 0 aliphatic carbocycles. The third kappa shape index (κ3) is 2.13. The third-order valence-corrected chi connectivity index (χ3v) is 4.10. The van der Waals surface area contributed by atoms with Crippen molar-refractivity contribution in [2.24, 2.45) is 14.1 Å². The molecule has 21 heavy (non-hydrogen) atoms. The second kappa shape index (κ2) is 4.81. The smallest absolute Gasteiger partial charge is 0.332 e. The second-order valence-corrected chi connectivity index (χ2v) is 5.55. The SMILES string of the molecule is Cn1c(=O)c2[nH]c(Sc3ccccc3O)nc2n(C)c1=O. The second-order valence-electron chi connectivity index (χ2n) is 4.52. The summed E-state index contributed by atoms with van der Waals surface area (Å²) in [6.07, 6.45) is 0. The van der Waals surface area contributed by atoms with Crippen molar-refractivity contribution in [2.75, 3.05) is 0 Å². The lowest BCUT2D eigenvalue weighted by Gasteiger charge is -2.00. The molecule has 7 nitrogen and oxygen atoms in total. The van der Waals surface area contributed by atoms with Gasteiger partial charge in [-0.1, -0.05) is 12.1 Å². The molecule has 108 valence electrons. The minimum absolute atomic E-state index is 0.129. The molecule has 2 N–H and O–H groups in total. The monoisotopic (exact) mass is 304 g/mol. The van der Waals surface area contributed by atoms with E-state index in [9.17, 15) is 14.7 Å². The molecule has 8 heteroatoms. The van der Waals surface area contributed by atoms with Gasteiger partial charge in [-0.2, -0.15) is 0 Å². The van der Waals surface area contributed by atoms with Gasteiger partial charge in [0.1, 0.15) is 5.75 Å². The van der Waals surface area contributed by atoms with E-state index in [2.05, 4.69) is 9.97 Å². The van der Waals surface area contributed by atoms with E-state index in [1.54, 1.807) is 31.3 Å². The fraction of sp³-hybridized carbons (Fsp3) is 0.154. The molecule has 0 radical (unpaired) electrons. The lowest BCUT2D eigenvalue weighted by Crippen LogP contribution is -2.36. The number of aromatic amines is 1. The first-order chi connectivity index (χ1) is 9.99. The van der Waals surface area contributed by atoms with Gasteiger partial charge >= 0.3 is 5.69 Å². The van der Waals surface area contributed by atoms with Gasteiger partial charge in [-0.15, -0.1) is 0 Å². The summed E-state index contributed by atoms with van der Waals surface area (Å²) in [4.78, 5) is 31.7. The summed E-state index contributed by atoms with van der Waals surface area (Å²) >= 11 is 1.19. The van der Waals surface area contributed by atoms with Crippen molar-refractivity contribution in [1.29, 1.82) is 0 Å². The van der Waals surface area contributed by atoms with Gasteiger partial charge in [0.15, 0.2) is 16.3 Å². The van der Waals surface area contributed by atoms with Crippen LogP contribution < -0.4 is 11.2 Å². The molecule has 2 heterocycles. The van der Waals surface area contributed by atoms with E-state index < -0.39 is 11.2 Å². The van der Waals surface area contributed by atoms with Crippen LogP contribution >= 0.6 is 11.8 Å². The van der Waals surface area contributed by atoms with Crippen molar-refractivity contribution in [3.05, 3.63) is 45.1 Å². The Bertz CT molecular complexity index is 954. The molecule has 0 amide bonds. The van der Waals surface area contributed by atoms with Gasteiger partial charge in [0.05, 0.1) is 4.90 Å². The van der Waals surface area contributed by atoms with Crippen LogP contribution in [0.4, 0.5) is 0 Å². The number of fused-ring (bicyclic) bond motifs is 1. The van der Waals surface area contributed by atoms with E-state index in [1.807, 2.05) is 0 Å². The van der Waals surface area contributed by atoms with Crippen LogP contribution in [0.15, 0.2) is 43.9 Å². The van der Waals surface area contributed by atoms with Crippen LogP contribution in [0.25, 0.3) is 11.2 Å². The number of hydrogen-bond donors (Lipinski definition) is 2. The molecule has 0 aliphatic rings. The lowest BCUT2D eigenvalue weighted by molar-refractivity contribution is 0.462. The van der Waals surface area contributed by atoms with Crippen molar-refractivity contribution in [3.8, 4) is 5.75 Å². The molecular weight excluding hydrogens is 292 g/mol. The van der Waals surface area contributed by atoms with Crippen LogP contribution in [0, 0.1) is 0 Å². The van der Waals surface area contributed by atoms with E-state index in [0.29, 0.717) is 15.7 Å². The minimum atomic E-state index is -0.432. The van der Waals surface area contributed by atoms with Gasteiger partial charge in [-0.25, -0.2) is 9.78 Å². The first kappa shape index (κ1) is 13.5. The molecular formula is C13H12N4O3S. The summed E-state index contributed by atoms with van der Waals surface area (Å²) in [6.45, 7) is 0. The van der Waals surface area contributed by atoms with Crippen LogP contribution in [-0.4, -0.2) is 24.2 Å². The van der Waals surface area contributed by atoms with E-state index >= 15 is 0 Å². The number of rotatable bonds is 2. The fourth-order valence-corrected chi connectivity index (χ4v) is 2.81. The van der Waals surface area contributed by atoms with Crippen molar-refractivity contribution < 1.29 is 5.11 Å². The highest BCUT2D eigenvalue weighted by atomic mass is 32.2. The number of aromatic hydroxyl groups is 1. The highest BCUT2D eigenvalue weighted by molar-refractivity contribution is 7.99. The number of H-pyrrole nitrogens is 1. The number of imidazole rings is 1. The van der Waals surface area contributed by atoms with Gasteiger partial charge in [0.2, 0.25) is 0 Å². The maximum atomic E-state index is 12.1. The number of para-hydroxylation sites is 1. The van der Waals surface area contributed by atoms with Crippen LogP contribution in [-0.2, 0) is 14.1 Å². The zero-order valence-corrected chi connectivity index (χ0v) is 12.1. The van der Waals surface area contributed by atoms with Gasteiger partial charge in [-0.05, 0) is 23.9 Å². The molecule has 0 bridgehead atoms. The maximum absolute atomic E-state index is 12.1. The van der Waals surface area contributed by atoms with Crippen LogP contribution in [0.2, 0.25) is 0 Å². The number of nitrogens with zero attached hydrogens (tertiary/aromatic N) is 3. The predicted octanol–water partition coefficient (Wildman–Crippen LogP) is 0.817. The van der Waals surface area contributed by atoms with E-state index in [-0.39, 0.29) is 11.3 Å². The zero-order valence-electron chi connectivity index (χ0n) is 11.3. The molecule has 3 rings (SSSR count). The number of hydrogen-bond acceptors (Lipinski definition) is 5. The van der Waals surface area contributed by atoms with Gasteiger partial charge in [0.25, 0.3) is 5.56 Å². The average molecular weight is 304 g/mol. The summed E-state index contributed by atoms with van der Waals surface area (Å²) in [7, 11) is 2.97. The molecule has 0 atom stereocenters. The van der Waals surface area contributed by atoms with Crippen molar-refractivity contribution in [2.45, 2.75) is 10.1 Å². The normalized spacial score (nSPS) is 11.1. The zero-order chi connectivity index (χ0) is 15.1. The minimum Gasteiger partial charge on any atom is -0.507 e. The van der Waals surface area contributed by atoms with E-state index in [1.165, 1.54) is 23.4 Å². The molecule has 0 fully saturated rings. The quantitative estimate of drug-likeness (QED) is 0.731. The highest BCUT2D eigenvalue weighted by Crippen LogP contribution is 2.32.